The number of hydrogen-bond acceptors (Lipinski definition) is 2. The molecular weight excluding hydrogens is 166 g/mol. The Labute approximate surface area is 77.9 Å². The van der Waals surface area contributed by atoms with Crippen LogP contribution in [0, 0.1) is 0 Å². The second-order valence-electron chi connectivity index (χ2n) is 2.98. The average Bonchev–Trinajstić information content (AvgIpc) is 2.21. The minimum atomic E-state index is 1.20. The van der Waals surface area contributed by atoms with E-state index in [-0.39, 0.29) is 0 Å². The van der Waals surface area contributed by atoms with Crippen molar-refractivity contribution < 1.29 is 0 Å². The summed E-state index contributed by atoms with van der Waals surface area (Å²) in [5.74, 6) is 1.27. The van der Waals surface area contributed by atoms with Crippen LogP contribution in [0.25, 0.3) is 0 Å². The summed E-state index contributed by atoms with van der Waals surface area (Å²) >= 11 is 1.95. The quantitative estimate of drug-likeness (QED) is 0.610. The third-order valence-corrected chi connectivity index (χ3v) is 3.22. The normalized spacial score (nSPS) is 17.8. The molecule has 12 heavy (non-hydrogen) atoms. The van der Waals surface area contributed by atoms with Crippen molar-refractivity contribution >= 4 is 17.6 Å². The molecule has 0 bridgehead atoms. The van der Waals surface area contributed by atoms with Crippen LogP contribution in [0.3, 0.4) is 0 Å². The van der Waals surface area contributed by atoms with E-state index in [1.807, 2.05) is 11.9 Å². The number of anilines is 1. The standard InChI is InChI=1S/C10H13NS/c1-2-6-10(7-3-1)11-8-4-5-9-12-11/h1-3,6-7H,4-5,8-9H2. The molecule has 1 nitrogen and oxygen atoms in total. The van der Waals surface area contributed by atoms with Crippen molar-refractivity contribution in [2.45, 2.75) is 12.8 Å². The lowest BCUT2D eigenvalue weighted by Gasteiger charge is -2.27. The van der Waals surface area contributed by atoms with Gasteiger partial charge in [0.1, 0.15) is 0 Å². The largest absolute Gasteiger partial charge is 0.316 e. The Balaban J connectivity index is 2.08. The van der Waals surface area contributed by atoms with Gasteiger partial charge in [0, 0.05) is 18.0 Å². The summed E-state index contributed by atoms with van der Waals surface area (Å²) in [4.78, 5) is 0. The van der Waals surface area contributed by atoms with Gasteiger partial charge < -0.3 is 4.31 Å². The van der Waals surface area contributed by atoms with Gasteiger partial charge in [0.05, 0.1) is 0 Å². The molecule has 64 valence electrons. The first-order valence-electron chi connectivity index (χ1n) is 4.42. The fourth-order valence-electron chi connectivity index (χ4n) is 1.39. The molecule has 0 aliphatic carbocycles. The van der Waals surface area contributed by atoms with E-state index in [2.05, 4.69) is 34.6 Å². The molecule has 2 rings (SSSR count). The van der Waals surface area contributed by atoms with Gasteiger partial charge in [-0.2, -0.15) is 0 Å². The van der Waals surface area contributed by atoms with Crippen molar-refractivity contribution in [2.75, 3.05) is 16.6 Å². The van der Waals surface area contributed by atoms with Gasteiger partial charge in [-0.05, 0) is 36.9 Å². The topological polar surface area (TPSA) is 3.24 Å². The molecule has 1 aromatic rings. The molecule has 0 atom stereocenters. The predicted molar refractivity (Wildman–Crippen MR) is 55.5 cm³/mol. The van der Waals surface area contributed by atoms with Crippen molar-refractivity contribution in [3.8, 4) is 0 Å². The van der Waals surface area contributed by atoms with Gasteiger partial charge in [0.25, 0.3) is 0 Å². The molecule has 1 saturated heterocycles. The molecule has 0 spiro atoms. The van der Waals surface area contributed by atoms with Crippen LogP contribution < -0.4 is 4.31 Å². The Morgan fingerprint density at radius 1 is 1.08 bits per heavy atom. The number of para-hydroxylation sites is 1. The summed E-state index contributed by atoms with van der Waals surface area (Å²) in [6.45, 7) is 1.20. The minimum Gasteiger partial charge on any atom is -0.316 e. The zero-order valence-corrected chi connectivity index (χ0v) is 7.89. The van der Waals surface area contributed by atoms with Gasteiger partial charge in [-0.3, -0.25) is 0 Å². The van der Waals surface area contributed by atoms with Gasteiger partial charge in [-0.1, -0.05) is 18.2 Å². The van der Waals surface area contributed by atoms with Crippen molar-refractivity contribution in [2.24, 2.45) is 0 Å². The van der Waals surface area contributed by atoms with Crippen LogP contribution in [0.1, 0.15) is 12.8 Å². The lowest BCUT2D eigenvalue weighted by atomic mass is 10.3. The molecule has 1 fully saturated rings. The van der Waals surface area contributed by atoms with Crippen LogP contribution in [-0.2, 0) is 0 Å². The first-order valence-corrected chi connectivity index (χ1v) is 5.36. The number of nitrogens with zero attached hydrogens (tertiary/aromatic N) is 1. The van der Waals surface area contributed by atoms with Crippen LogP contribution in [0.2, 0.25) is 0 Å². The van der Waals surface area contributed by atoms with Gasteiger partial charge in [0.15, 0.2) is 0 Å². The van der Waals surface area contributed by atoms with Crippen molar-refractivity contribution in [1.29, 1.82) is 0 Å². The maximum Gasteiger partial charge on any atom is 0.0469 e. The SMILES string of the molecule is c1ccc(N2CCCCS2)cc1. The van der Waals surface area contributed by atoms with Crippen LogP contribution >= 0.6 is 11.9 Å². The predicted octanol–water partition coefficient (Wildman–Crippen LogP) is 2.94. The molecule has 2 heteroatoms. The van der Waals surface area contributed by atoms with E-state index in [0.29, 0.717) is 0 Å². The maximum absolute atomic E-state index is 2.39. The van der Waals surface area contributed by atoms with E-state index in [4.69, 9.17) is 0 Å². The van der Waals surface area contributed by atoms with E-state index < -0.39 is 0 Å². The lowest BCUT2D eigenvalue weighted by Crippen LogP contribution is -2.20. The summed E-state index contributed by atoms with van der Waals surface area (Å²) in [5, 5.41) is 0. The molecule has 1 aliphatic rings. The molecular formula is C10H13NS. The molecule has 0 saturated carbocycles. The molecule has 0 aromatic heterocycles. The fraction of sp³-hybridized carbons (Fsp3) is 0.400. The van der Waals surface area contributed by atoms with Gasteiger partial charge in [-0.25, -0.2) is 0 Å². The van der Waals surface area contributed by atoms with E-state index >= 15 is 0 Å². The van der Waals surface area contributed by atoms with Crippen LogP contribution in [0.4, 0.5) is 5.69 Å². The first kappa shape index (κ1) is 7.99. The molecule has 0 radical (unpaired) electrons. The Kier molecular flexibility index (Phi) is 2.57. The van der Waals surface area contributed by atoms with E-state index in [9.17, 15) is 0 Å². The van der Waals surface area contributed by atoms with E-state index in [1.54, 1.807) is 0 Å². The van der Waals surface area contributed by atoms with E-state index in [1.165, 1.54) is 30.8 Å². The zero-order valence-electron chi connectivity index (χ0n) is 7.07. The van der Waals surface area contributed by atoms with Crippen LogP contribution in [0.5, 0.6) is 0 Å². The highest BCUT2D eigenvalue weighted by Crippen LogP contribution is 2.26. The summed E-state index contributed by atoms with van der Waals surface area (Å²) in [7, 11) is 0. The highest BCUT2D eigenvalue weighted by Gasteiger charge is 2.10. The maximum atomic E-state index is 2.39. The summed E-state index contributed by atoms with van der Waals surface area (Å²) in [6.07, 6.45) is 2.70. The highest BCUT2D eigenvalue weighted by molar-refractivity contribution is 8.00. The Bertz CT molecular complexity index is 229. The smallest absolute Gasteiger partial charge is 0.0469 e. The zero-order chi connectivity index (χ0) is 8.23. The molecule has 1 heterocycles. The monoisotopic (exact) mass is 179 g/mol. The van der Waals surface area contributed by atoms with Crippen LogP contribution in [-0.4, -0.2) is 12.3 Å². The van der Waals surface area contributed by atoms with Gasteiger partial charge >= 0.3 is 0 Å². The molecule has 0 amide bonds. The number of benzene rings is 1. The summed E-state index contributed by atoms with van der Waals surface area (Å²) < 4.78 is 2.39. The average molecular weight is 179 g/mol. The van der Waals surface area contributed by atoms with Crippen molar-refractivity contribution in [1.82, 2.24) is 0 Å². The molecule has 0 unspecified atom stereocenters. The number of rotatable bonds is 1. The van der Waals surface area contributed by atoms with Gasteiger partial charge in [0.2, 0.25) is 0 Å². The number of hydrogen-bond donors (Lipinski definition) is 0. The summed E-state index contributed by atoms with van der Waals surface area (Å²) in [5.41, 5.74) is 1.35. The first-order chi connectivity index (χ1) is 5.97. The van der Waals surface area contributed by atoms with Crippen molar-refractivity contribution in [3.63, 3.8) is 0 Å². The minimum absolute atomic E-state index is 1.20. The third kappa shape index (κ3) is 1.75. The molecule has 1 aliphatic heterocycles. The Hall–Kier alpha value is -0.630. The Morgan fingerprint density at radius 2 is 1.92 bits per heavy atom. The van der Waals surface area contributed by atoms with Crippen LogP contribution in [0.15, 0.2) is 30.3 Å². The highest BCUT2D eigenvalue weighted by atomic mass is 32.2. The second kappa shape index (κ2) is 3.85. The third-order valence-electron chi connectivity index (χ3n) is 2.05. The Morgan fingerprint density at radius 3 is 2.58 bits per heavy atom. The molecule has 0 N–H and O–H groups in total. The fourth-order valence-corrected chi connectivity index (χ4v) is 2.48. The second-order valence-corrected chi connectivity index (χ2v) is 4.09. The van der Waals surface area contributed by atoms with E-state index in [0.717, 1.165) is 0 Å². The van der Waals surface area contributed by atoms with Gasteiger partial charge in [-0.15, -0.1) is 0 Å². The summed E-state index contributed by atoms with van der Waals surface area (Å²) in [6, 6.07) is 10.6. The van der Waals surface area contributed by atoms with Crippen molar-refractivity contribution in [3.05, 3.63) is 30.3 Å². The molecule has 1 aromatic carbocycles. The lowest BCUT2D eigenvalue weighted by molar-refractivity contribution is 0.791.